The molecule has 0 saturated carbocycles. The van der Waals surface area contributed by atoms with Crippen LogP contribution in [-0.2, 0) is 9.84 Å². The summed E-state index contributed by atoms with van der Waals surface area (Å²) in [4.78, 5) is 15.7. The number of rotatable bonds is 3. The average Bonchev–Trinajstić information content (AvgIpc) is 2.46. The number of hydrogen-bond donors (Lipinski definition) is 1. The molecule has 0 atom stereocenters. The second kappa shape index (κ2) is 5.73. The smallest absolute Gasteiger partial charge is 0.257 e. The molecule has 0 bridgehead atoms. The molecule has 2 aromatic rings. The van der Waals surface area contributed by atoms with Gasteiger partial charge in [-0.3, -0.25) is 9.78 Å². The monoisotopic (exact) mass is 301 g/mol. The summed E-state index contributed by atoms with van der Waals surface area (Å²) in [6.07, 6.45) is 3.98. The summed E-state index contributed by atoms with van der Waals surface area (Å²) < 4.78 is 23.0. The maximum absolute atomic E-state index is 11.9. The topological polar surface area (TPSA) is 99.9 Å². The first-order valence-electron chi connectivity index (χ1n) is 5.87. The summed E-state index contributed by atoms with van der Waals surface area (Å²) in [7, 11) is -3.49. The van der Waals surface area contributed by atoms with Crippen LogP contribution >= 0.6 is 0 Å². The molecule has 6 nitrogen and oxygen atoms in total. The quantitative estimate of drug-likeness (QED) is 0.928. The molecule has 106 valence electrons. The third-order valence-corrected chi connectivity index (χ3v) is 3.84. The fraction of sp³-hybridized carbons (Fsp3) is 0.0714. The van der Waals surface area contributed by atoms with Gasteiger partial charge >= 0.3 is 0 Å². The summed E-state index contributed by atoms with van der Waals surface area (Å²) in [5.41, 5.74) is 0.692. The van der Waals surface area contributed by atoms with Crippen LogP contribution in [-0.4, -0.2) is 25.6 Å². The molecule has 0 saturated heterocycles. The van der Waals surface area contributed by atoms with Crippen LogP contribution in [0.3, 0.4) is 0 Å². The van der Waals surface area contributed by atoms with Crippen molar-refractivity contribution in [2.45, 2.75) is 4.90 Å². The van der Waals surface area contributed by atoms with Gasteiger partial charge in [0.15, 0.2) is 9.84 Å². The minimum Gasteiger partial charge on any atom is -0.322 e. The van der Waals surface area contributed by atoms with Crippen molar-refractivity contribution in [2.75, 3.05) is 11.6 Å². The van der Waals surface area contributed by atoms with E-state index in [0.29, 0.717) is 11.3 Å². The van der Waals surface area contributed by atoms with Gasteiger partial charge in [-0.1, -0.05) is 0 Å². The van der Waals surface area contributed by atoms with Gasteiger partial charge in [0.05, 0.1) is 16.0 Å². The number of amides is 1. The van der Waals surface area contributed by atoms with E-state index in [2.05, 4.69) is 10.3 Å². The molecule has 1 aromatic carbocycles. The molecule has 1 amide bonds. The minimum absolute atomic E-state index is 0.0125. The van der Waals surface area contributed by atoms with Crippen molar-refractivity contribution in [1.29, 1.82) is 5.26 Å². The lowest BCUT2D eigenvalue weighted by molar-refractivity contribution is 0.102. The number of aromatic nitrogens is 1. The van der Waals surface area contributed by atoms with Gasteiger partial charge in [-0.2, -0.15) is 5.26 Å². The van der Waals surface area contributed by atoms with Crippen LogP contribution in [0.5, 0.6) is 0 Å². The van der Waals surface area contributed by atoms with E-state index in [4.69, 9.17) is 5.26 Å². The predicted molar refractivity (Wildman–Crippen MR) is 76.5 cm³/mol. The van der Waals surface area contributed by atoms with E-state index in [-0.39, 0.29) is 16.4 Å². The van der Waals surface area contributed by atoms with Crippen molar-refractivity contribution < 1.29 is 13.2 Å². The van der Waals surface area contributed by atoms with Gasteiger partial charge < -0.3 is 5.32 Å². The van der Waals surface area contributed by atoms with Gasteiger partial charge in [-0.05, 0) is 30.3 Å². The molecule has 0 spiro atoms. The number of pyridine rings is 1. The molecule has 7 heteroatoms. The van der Waals surface area contributed by atoms with Crippen LogP contribution in [0.4, 0.5) is 5.69 Å². The van der Waals surface area contributed by atoms with E-state index in [9.17, 15) is 13.2 Å². The molecule has 0 unspecified atom stereocenters. The molecular formula is C14H11N3O3S. The molecule has 1 N–H and O–H groups in total. The average molecular weight is 301 g/mol. The third-order valence-electron chi connectivity index (χ3n) is 2.68. The second-order valence-electron chi connectivity index (χ2n) is 4.29. The van der Waals surface area contributed by atoms with E-state index >= 15 is 0 Å². The van der Waals surface area contributed by atoms with E-state index in [1.54, 1.807) is 18.3 Å². The van der Waals surface area contributed by atoms with Gasteiger partial charge in [-0.15, -0.1) is 0 Å². The highest BCUT2D eigenvalue weighted by Gasteiger charge is 2.14. The Morgan fingerprint density at radius 1 is 1.33 bits per heavy atom. The van der Waals surface area contributed by atoms with Crippen molar-refractivity contribution in [1.82, 2.24) is 4.98 Å². The molecule has 2 rings (SSSR count). The van der Waals surface area contributed by atoms with E-state index in [0.717, 1.165) is 6.26 Å². The highest BCUT2D eigenvalue weighted by Crippen LogP contribution is 2.20. The summed E-state index contributed by atoms with van der Waals surface area (Å²) in [5.74, 6) is -0.390. The maximum Gasteiger partial charge on any atom is 0.257 e. The standard InChI is InChI=1S/C14H11N3O3S/c1-21(19,20)13-5-4-12(7-11(13)8-15)17-14(18)10-3-2-6-16-9-10/h2-7,9H,1H3,(H,17,18). The number of carbonyl (C=O) groups excluding carboxylic acids is 1. The van der Waals surface area contributed by atoms with Crippen LogP contribution < -0.4 is 5.32 Å². The first-order chi connectivity index (χ1) is 9.91. The third kappa shape index (κ3) is 3.43. The van der Waals surface area contributed by atoms with Gasteiger partial charge in [0, 0.05) is 24.3 Å². The Bertz CT molecular complexity index is 824. The van der Waals surface area contributed by atoms with E-state index < -0.39 is 9.84 Å². The molecule has 0 aliphatic heterocycles. The van der Waals surface area contributed by atoms with Crippen molar-refractivity contribution in [2.24, 2.45) is 0 Å². The van der Waals surface area contributed by atoms with Gasteiger partial charge in [-0.25, -0.2) is 8.42 Å². The minimum atomic E-state index is -3.49. The molecule has 0 fully saturated rings. The number of nitrogens with zero attached hydrogens (tertiary/aromatic N) is 2. The number of hydrogen-bond acceptors (Lipinski definition) is 5. The molecule has 1 aromatic heterocycles. The summed E-state index contributed by atoms with van der Waals surface area (Å²) in [5, 5.41) is 11.6. The van der Waals surface area contributed by atoms with Crippen molar-refractivity contribution in [3.05, 3.63) is 53.9 Å². The highest BCUT2D eigenvalue weighted by molar-refractivity contribution is 7.90. The number of benzene rings is 1. The number of sulfone groups is 1. The molecule has 0 aliphatic carbocycles. The Hall–Kier alpha value is -2.72. The van der Waals surface area contributed by atoms with E-state index in [1.165, 1.54) is 24.4 Å². The zero-order valence-corrected chi connectivity index (χ0v) is 11.9. The number of nitrogens with one attached hydrogen (secondary N) is 1. The van der Waals surface area contributed by atoms with Crippen molar-refractivity contribution >= 4 is 21.4 Å². The Balaban J connectivity index is 2.31. The van der Waals surface area contributed by atoms with Gasteiger partial charge in [0.1, 0.15) is 6.07 Å². The Kier molecular flexibility index (Phi) is 4.00. The Morgan fingerprint density at radius 3 is 2.67 bits per heavy atom. The van der Waals surface area contributed by atoms with Crippen LogP contribution in [0.25, 0.3) is 0 Å². The fourth-order valence-electron chi connectivity index (χ4n) is 1.72. The van der Waals surface area contributed by atoms with Crippen molar-refractivity contribution in [3.8, 4) is 6.07 Å². The summed E-state index contributed by atoms with van der Waals surface area (Å²) >= 11 is 0. The lowest BCUT2D eigenvalue weighted by Crippen LogP contribution is -2.12. The lowest BCUT2D eigenvalue weighted by Gasteiger charge is -2.07. The number of anilines is 1. The highest BCUT2D eigenvalue weighted by atomic mass is 32.2. The Labute approximate surface area is 122 Å². The van der Waals surface area contributed by atoms with Crippen LogP contribution in [0.1, 0.15) is 15.9 Å². The van der Waals surface area contributed by atoms with Gasteiger partial charge in [0.2, 0.25) is 0 Å². The first kappa shape index (κ1) is 14.7. The fourth-order valence-corrected chi connectivity index (χ4v) is 2.54. The van der Waals surface area contributed by atoms with Crippen LogP contribution in [0.15, 0.2) is 47.6 Å². The molecule has 0 radical (unpaired) electrons. The van der Waals surface area contributed by atoms with Crippen LogP contribution in [0.2, 0.25) is 0 Å². The van der Waals surface area contributed by atoms with E-state index in [1.807, 2.05) is 6.07 Å². The molecule has 0 aliphatic rings. The normalized spacial score (nSPS) is 10.7. The SMILES string of the molecule is CS(=O)(=O)c1ccc(NC(=O)c2cccnc2)cc1C#N. The molecule has 1 heterocycles. The number of carbonyl (C=O) groups is 1. The second-order valence-corrected chi connectivity index (χ2v) is 6.27. The zero-order chi connectivity index (χ0) is 15.5. The molecule has 21 heavy (non-hydrogen) atoms. The largest absolute Gasteiger partial charge is 0.322 e. The molecular weight excluding hydrogens is 290 g/mol. The first-order valence-corrected chi connectivity index (χ1v) is 7.76. The van der Waals surface area contributed by atoms with Gasteiger partial charge in [0.25, 0.3) is 5.91 Å². The van der Waals surface area contributed by atoms with Crippen molar-refractivity contribution in [3.63, 3.8) is 0 Å². The Morgan fingerprint density at radius 2 is 2.10 bits per heavy atom. The maximum atomic E-state index is 11.9. The van der Waals surface area contributed by atoms with Crippen LogP contribution in [0, 0.1) is 11.3 Å². The number of nitriles is 1. The zero-order valence-electron chi connectivity index (χ0n) is 11.1. The lowest BCUT2D eigenvalue weighted by atomic mass is 10.2. The summed E-state index contributed by atoms with van der Waals surface area (Å²) in [6, 6.07) is 9.09. The predicted octanol–water partition coefficient (Wildman–Crippen LogP) is 1.61. The summed E-state index contributed by atoms with van der Waals surface area (Å²) in [6.45, 7) is 0.